The van der Waals surface area contributed by atoms with Crippen LogP contribution in [0.3, 0.4) is 0 Å². The van der Waals surface area contributed by atoms with Crippen LogP contribution in [0.15, 0.2) is 46.5 Å². The quantitative estimate of drug-likeness (QED) is 0.852. The number of nitrogens with one attached hydrogen (secondary N) is 1. The number of aliphatic hydroxyl groups is 1. The Labute approximate surface area is 141 Å². The second kappa shape index (κ2) is 8.13. The maximum Gasteiger partial charge on any atom is 0.254 e. The summed E-state index contributed by atoms with van der Waals surface area (Å²) < 4.78 is 0. The monoisotopic (exact) mass is 330 g/mol. The molecule has 1 unspecified atom stereocenters. The Morgan fingerprint density at radius 3 is 2.83 bits per heavy atom. The number of carbonyl (C=O) groups is 1. The van der Waals surface area contributed by atoms with Gasteiger partial charge in [0.2, 0.25) is 0 Å². The number of carbonyl (C=O) groups excluding carboxylic acids is 1. The van der Waals surface area contributed by atoms with Gasteiger partial charge >= 0.3 is 0 Å². The summed E-state index contributed by atoms with van der Waals surface area (Å²) in [5, 5.41) is 12.8. The van der Waals surface area contributed by atoms with Crippen molar-refractivity contribution in [3.8, 4) is 0 Å². The van der Waals surface area contributed by atoms with Crippen LogP contribution >= 0.6 is 11.8 Å². The standard InChI is InChI=1S/C18H22N2O2S/c1-12-6-7-16(13(2)11-12)23-18-15(5-4-9-20-18)17(22)19-10-8-14(3)21/h4-7,9,11,14,21H,8,10H2,1-3H3,(H,19,22). The predicted octanol–water partition coefficient (Wildman–Crippen LogP) is 3.35. The molecule has 1 heterocycles. The molecule has 0 fully saturated rings. The molecule has 1 atom stereocenters. The molecule has 0 radical (unpaired) electrons. The van der Waals surface area contributed by atoms with Crippen molar-refractivity contribution in [3.63, 3.8) is 0 Å². The number of rotatable bonds is 6. The van der Waals surface area contributed by atoms with Gasteiger partial charge in [-0.3, -0.25) is 4.79 Å². The highest BCUT2D eigenvalue weighted by Crippen LogP contribution is 2.31. The molecule has 2 N–H and O–H groups in total. The van der Waals surface area contributed by atoms with Crippen LogP contribution in [0.4, 0.5) is 0 Å². The van der Waals surface area contributed by atoms with Crippen molar-refractivity contribution >= 4 is 17.7 Å². The highest BCUT2D eigenvalue weighted by molar-refractivity contribution is 7.99. The zero-order valence-electron chi connectivity index (χ0n) is 13.7. The molecule has 0 aliphatic heterocycles. The Kier molecular flexibility index (Phi) is 6.19. The summed E-state index contributed by atoms with van der Waals surface area (Å²) in [4.78, 5) is 17.8. The third kappa shape index (κ3) is 5.08. The van der Waals surface area contributed by atoms with Crippen molar-refractivity contribution in [2.75, 3.05) is 6.54 Å². The van der Waals surface area contributed by atoms with Gasteiger partial charge in [-0.15, -0.1) is 0 Å². The lowest BCUT2D eigenvalue weighted by atomic mass is 10.2. The number of hydrogen-bond donors (Lipinski definition) is 2. The average molecular weight is 330 g/mol. The Hall–Kier alpha value is -1.85. The molecule has 1 aromatic heterocycles. The Morgan fingerprint density at radius 2 is 2.13 bits per heavy atom. The molecule has 2 aromatic rings. The van der Waals surface area contributed by atoms with Crippen molar-refractivity contribution in [1.29, 1.82) is 0 Å². The molecule has 122 valence electrons. The SMILES string of the molecule is Cc1ccc(Sc2ncccc2C(=O)NCCC(C)O)c(C)c1. The van der Waals surface area contributed by atoms with Crippen LogP contribution in [-0.2, 0) is 0 Å². The van der Waals surface area contributed by atoms with Crippen molar-refractivity contribution in [1.82, 2.24) is 10.3 Å². The summed E-state index contributed by atoms with van der Waals surface area (Å²) in [6, 6.07) is 9.76. The minimum Gasteiger partial charge on any atom is -0.393 e. The van der Waals surface area contributed by atoms with Crippen LogP contribution < -0.4 is 5.32 Å². The van der Waals surface area contributed by atoms with E-state index < -0.39 is 6.10 Å². The number of aryl methyl sites for hydroxylation is 2. The van der Waals surface area contributed by atoms with Gasteiger partial charge in [0, 0.05) is 17.6 Å². The van der Waals surface area contributed by atoms with Crippen LogP contribution in [-0.4, -0.2) is 28.6 Å². The van der Waals surface area contributed by atoms with Gasteiger partial charge in [0.05, 0.1) is 11.7 Å². The van der Waals surface area contributed by atoms with Gasteiger partial charge in [-0.25, -0.2) is 4.98 Å². The van der Waals surface area contributed by atoms with E-state index in [9.17, 15) is 9.90 Å². The van der Waals surface area contributed by atoms with E-state index in [1.807, 2.05) is 0 Å². The number of pyridine rings is 1. The molecular formula is C18H22N2O2S. The molecule has 0 saturated carbocycles. The topological polar surface area (TPSA) is 62.2 Å². The number of aliphatic hydroxyl groups excluding tert-OH is 1. The summed E-state index contributed by atoms with van der Waals surface area (Å²) >= 11 is 1.50. The Morgan fingerprint density at radius 1 is 1.35 bits per heavy atom. The van der Waals surface area contributed by atoms with Crippen LogP contribution in [0, 0.1) is 13.8 Å². The molecule has 5 heteroatoms. The fourth-order valence-corrected chi connectivity index (χ4v) is 3.10. The maximum atomic E-state index is 12.3. The minimum absolute atomic E-state index is 0.161. The second-order valence-corrected chi connectivity index (χ2v) is 6.65. The number of benzene rings is 1. The van der Waals surface area contributed by atoms with Gasteiger partial charge in [0.15, 0.2) is 0 Å². The fourth-order valence-electron chi connectivity index (χ4n) is 2.15. The van der Waals surface area contributed by atoms with E-state index in [0.29, 0.717) is 23.6 Å². The Balaban J connectivity index is 2.15. The minimum atomic E-state index is -0.423. The van der Waals surface area contributed by atoms with Crippen LogP contribution in [0.25, 0.3) is 0 Å². The highest BCUT2D eigenvalue weighted by Gasteiger charge is 2.14. The fraction of sp³-hybridized carbons (Fsp3) is 0.333. The van der Waals surface area contributed by atoms with E-state index in [2.05, 4.69) is 42.3 Å². The van der Waals surface area contributed by atoms with Crippen LogP contribution in [0.1, 0.15) is 34.8 Å². The maximum absolute atomic E-state index is 12.3. The molecule has 4 nitrogen and oxygen atoms in total. The number of hydrogen-bond acceptors (Lipinski definition) is 4. The first-order valence-electron chi connectivity index (χ1n) is 7.63. The van der Waals surface area contributed by atoms with Crippen molar-refractivity contribution in [2.45, 2.75) is 43.2 Å². The molecule has 1 amide bonds. The molecule has 0 bridgehead atoms. The summed E-state index contributed by atoms with van der Waals surface area (Å²) in [6.45, 7) is 6.26. The lowest BCUT2D eigenvalue weighted by Crippen LogP contribution is -2.27. The normalized spacial score (nSPS) is 12.0. The third-order valence-corrected chi connectivity index (χ3v) is 4.60. The molecular weight excluding hydrogens is 308 g/mol. The average Bonchev–Trinajstić information content (AvgIpc) is 2.50. The zero-order valence-corrected chi connectivity index (χ0v) is 14.5. The molecule has 0 aliphatic carbocycles. The number of nitrogens with zero attached hydrogens (tertiary/aromatic N) is 1. The van der Waals surface area contributed by atoms with E-state index in [1.165, 1.54) is 22.9 Å². The summed E-state index contributed by atoms with van der Waals surface area (Å²) in [6.07, 6.45) is 1.80. The smallest absolute Gasteiger partial charge is 0.254 e. The molecule has 0 aliphatic rings. The largest absolute Gasteiger partial charge is 0.393 e. The molecule has 2 rings (SSSR count). The van der Waals surface area contributed by atoms with Gasteiger partial charge in [0.1, 0.15) is 5.03 Å². The van der Waals surface area contributed by atoms with Crippen molar-refractivity contribution < 1.29 is 9.90 Å². The molecule has 1 aromatic carbocycles. The molecule has 23 heavy (non-hydrogen) atoms. The number of amides is 1. The van der Waals surface area contributed by atoms with Crippen LogP contribution in [0.5, 0.6) is 0 Å². The van der Waals surface area contributed by atoms with Crippen LogP contribution in [0.2, 0.25) is 0 Å². The van der Waals surface area contributed by atoms with E-state index in [0.717, 1.165) is 4.90 Å². The first-order valence-corrected chi connectivity index (χ1v) is 8.45. The molecule has 0 saturated heterocycles. The second-order valence-electron chi connectivity index (χ2n) is 5.62. The predicted molar refractivity (Wildman–Crippen MR) is 92.9 cm³/mol. The van der Waals surface area contributed by atoms with Gasteiger partial charge in [-0.2, -0.15) is 0 Å². The third-order valence-electron chi connectivity index (χ3n) is 3.40. The van der Waals surface area contributed by atoms with E-state index in [1.54, 1.807) is 25.3 Å². The lowest BCUT2D eigenvalue weighted by molar-refractivity contribution is 0.0942. The summed E-state index contributed by atoms with van der Waals surface area (Å²) in [5.41, 5.74) is 2.94. The summed E-state index contributed by atoms with van der Waals surface area (Å²) in [5.74, 6) is -0.161. The van der Waals surface area contributed by atoms with Gasteiger partial charge < -0.3 is 10.4 Å². The van der Waals surface area contributed by atoms with Gasteiger partial charge in [0.25, 0.3) is 5.91 Å². The van der Waals surface area contributed by atoms with Gasteiger partial charge in [-0.1, -0.05) is 29.5 Å². The number of aromatic nitrogens is 1. The Bertz CT molecular complexity index is 686. The van der Waals surface area contributed by atoms with E-state index in [4.69, 9.17) is 0 Å². The van der Waals surface area contributed by atoms with E-state index >= 15 is 0 Å². The zero-order chi connectivity index (χ0) is 16.8. The highest BCUT2D eigenvalue weighted by atomic mass is 32.2. The lowest BCUT2D eigenvalue weighted by Gasteiger charge is -2.11. The van der Waals surface area contributed by atoms with Crippen molar-refractivity contribution in [3.05, 3.63) is 53.2 Å². The van der Waals surface area contributed by atoms with Crippen molar-refractivity contribution in [2.24, 2.45) is 0 Å². The first kappa shape index (κ1) is 17.5. The van der Waals surface area contributed by atoms with Gasteiger partial charge in [-0.05, 0) is 51.0 Å². The summed E-state index contributed by atoms with van der Waals surface area (Å²) in [7, 11) is 0. The first-order chi connectivity index (χ1) is 11.0. The van der Waals surface area contributed by atoms with E-state index in [-0.39, 0.29) is 5.91 Å². The molecule has 0 spiro atoms.